The van der Waals surface area contributed by atoms with Crippen molar-refractivity contribution in [2.75, 3.05) is 13.7 Å². The molecular weight excluding hydrogens is 356 g/mol. The Kier molecular flexibility index (Phi) is 6.06. The number of likely N-dealkylation sites (N-methyl/N-ethyl adjacent to an activating group) is 1. The van der Waals surface area contributed by atoms with Gasteiger partial charge in [-0.15, -0.1) is 0 Å². The van der Waals surface area contributed by atoms with Crippen molar-refractivity contribution in [2.24, 2.45) is 4.99 Å². The Labute approximate surface area is 173 Å². The molecular formula is C26H28N2O. The van der Waals surface area contributed by atoms with Crippen molar-refractivity contribution in [2.45, 2.75) is 30.8 Å². The maximum atomic E-state index is 9.97. The highest BCUT2D eigenvalue weighted by Gasteiger charge is 2.38. The molecule has 0 amide bonds. The lowest BCUT2D eigenvalue weighted by atomic mass is 9.87. The lowest BCUT2D eigenvalue weighted by molar-refractivity contribution is 0.264. The van der Waals surface area contributed by atoms with Crippen molar-refractivity contribution in [1.29, 1.82) is 0 Å². The lowest BCUT2D eigenvalue weighted by Gasteiger charge is -2.27. The van der Waals surface area contributed by atoms with Gasteiger partial charge in [-0.2, -0.15) is 0 Å². The fraction of sp³-hybridized carbons (Fsp3) is 0.269. The van der Waals surface area contributed by atoms with E-state index in [0.29, 0.717) is 5.92 Å². The zero-order valence-electron chi connectivity index (χ0n) is 16.9. The second kappa shape index (κ2) is 9.06. The van der Waals surface area contributed by atoms with Crippen LogP contribution in [0.5, 0.6) is 0 Å². The summed E-state index contributed by atoms with van der Waals surface area (Å²) in [4.78, 5) is 7.32. The molecule has 4 rings (SSSR count). The fourth-order valence-corrected chi connectivity index (χ4v) is 4.38. The number of amidine groups is 1. The van der Waals surface area contributed by atoms with Crippen LogP contribution in [-0.2, 0) is 6.42 Å². The molecule has 0 aromatic heterocycles. The van der Waals surface area contributed by atoms with Gasteiger partial charge in [0.1, 0.15) is 5.84 Å². The molecule has 3 atom stereocenters. The van der Waals surface area contributed by atoms with E-state index in [4.69, 9.17) is 4.99 Å². The Morgan fingerprint density at radius 2 is 1.41 bits per heavy atom. The quantitative estimate of drug-likeness (QED) is 0.659. The van der Waals surface area contributed by atoms with Gasteiger partial charge < -0.3 is 10.0 Å². The third-order valence-corrected chi connectivity index (χ3v) is 5.83. The standard InChI is InChI=1S/C26H28N2O/c1-28-25(27-23(19-29)17-20-11-5-2-6-12-20)18-24(21-13-7-3-8-14-21)26(28)22-15-9-4-10-16-22/h2-16,23-24,26,29H,17-19H2,1H3/b27-25-/t23-,24+,26+/m1/s1. The van der Waals surface area contributed by atoms with Crippen molar-refractivity contribution in [3.8, 4) is 0 Å². The summed E-state index contributed by atoms with van der Waals surface area (Å²) in [5.41, 5.74) is 3.84. The zero-order chi connectivity index (χ0) is 20.1. The molecule has 1 fully saturated rings. The molecule has 0 aliphatic carbocycles. The van der Waals surface area contributed by atoms with Crippen LogP contribution in [0.2, 0.25) is 0 Å². The van der Waals surface area contributed by atoms with Crippen LogP contribution in [0.15, 0.2) is 96.0 Å². The molecule has 3 nitrogen and oxygen atoms in total. The first-order valence-corrected chi connectivity index (χ1v) is 10.3. The predicted octanol–water partition coefficient (Wildman–Crippen LogP) is 4.85. The van der Waals surface area contributed by atoms with Crippen LogP contribution in [-0.4, -0.2) is 35.5 Å². The van der Waals surface area contributed by atoms with Crippen molar-refractivity contribution in [1.82, 2.24) is 4.90 Å². The van der Waals surface area contributed by atoms with E-state index in [1.165, 1.54) is 16.7 Å². The summed E-state index contributed by atoms with van der Waals surface area (Å²) in [6.45, 7) is 0.0538. The smallest absolute Gasteiger partial charge is 0.100 e. The molecule has 0 spiro atoms. The molecule has 0 unspecified atom stereocenters. The zero-order valence-corrected chi connectivity index (χ0v) is 16.9. The number of aliphatic hydroxyl groups excluding tert-OH is 1. The van der Waals surface area contributed by atoms with Gasteiger partial charge in [-0.25, -0.2) is 0 Å². The van der Waals surface area contributed by atoms with Crippen LogP contribution in [0.1, 0.15) is 35.1 Å². The van der Waals surface area contributed by atoms with E-state index in [0.717, 1.165) is 18.7 Å². The van der Waals surface area contributed by atoms with Crippen LogP contribution in [0.25, 0.3) is 0 Å². The minimum absolute atomic E-state index is 0.0538. The normalized spacial score (nSPS) is 21.4. The van der Waals surface area contributed by atoms with Gasteiger partial charge >= 0.3 is 0 Å². The van der Waals surface area contributed by atoms with E-state index in [2.05, 4.69) is 84.7 Å². The summed E-state index contributed by atoms with van der Waals surface area (Å²) < 4.78 is 0. The molecule has 148 valence electrons. The monoisotopic (exact) mass is 384 g/mol. The molecule has 3 aromatic carbocycles. The largest absolute Gasteiger partial charge is 0.394 e. The minimum atomic E-state index is -0.124. The second-order valence-corrected chi connectivity index (χ2v) is 7.76. The van der Waals surface area contributed by atoms with E-state index in [9.17, 15) is 5.11 Å². The SMILES string of the molecule is CN1/C(=N\[C@@H](CO)Cc2ccccc2)C[C@@H](c2ccccc2)[C@@H]1c1ccccc1. The number of benzene rings is 3. The molecule has 1 aliphatic rings. The van der Waals surface area contributed by atoms with Gasteiger partial charge in [0.05, 0.1) is 18.7 Å². The van der Waals surface area contributed by atoms with Gasteiger partial charge in [-0.3, -0.25) is 4.99 Å². The van der Waals surface area contributed by atoms with Crippen molar-refractivity contribution >= 4 is 5.84 Å². The third-order valence-electron chi connectivity index (χ3n) is 5.83. The summed E-state index contributed by atoms with van der Waals surface area (Å²) in [5.74, 6) is 1.42. The number of hydrogen-bond donors (Lipinski definition) is 1. The van der Waals surface area contributed by atoms with Gasteiger partial charge in [-0.05, 0) is 23.1 Å². The fourth-order valence-electron chi connectivity index (χ4n) is 4.38. The van der Waals surface area contributed by atoms with Crippen LogP contribution < -0.4 is 0 Å². The predicted molar refractivity (Wildman–Crippen MR) is 119 cm³/mol. The van der Waals surface area contributed by atoms with Crippen molar-refractivity contribution in [3.05, 3.63) is 108 Å². The summed E-state index contributed by atoms with van der Waals surface area (Å²) in [5, 5.41) is 9.97. The third kappa shape index (κ3) is 4.41. The molecule has 1 N–H and O–H groups in total. The minimum Gasteiger partial charge on any atom is -0.394 e. The number of aliphatic hydroxyl groups is 1. The summed E-state index contributed by atoms with van der Waals surface area (Å²) in [6.07, 6.45) is 1.63. The second-order valence-electron chi connectivity index (χ2n) is 7.76. The molecule has 0 saturated carbocycles. The van der Waals surface area contributed by atoms with E-state index < -0.39 is 0 Å². The number of rotatable bonds is 6. The molecule has 29 heavy (non-hydrogen) atoms. The maximum Gasteiger partial charge on any atom is 0.100 e. The molecule has 1 aliphatic heterocycles. The summed E-state index contributed by atoms with van der Waals surface area (Å²) in [6, 6.07) is 31.8. The van der Waals surface area contributed by atoms with Gasteiger partial charge in [-0.1, -0.05) is 91.0 Å². The highest BCUT2D eigenvalue weighted by molar-refractivity contribution is 5.86. The van der Waals surface area contributed by atoms with Gasteiger partial charge in [0.2, 0.25) is 0 Å². The number of hydrogen-bond acceptors (Lipinski definition) is 2. The Morgan fingerprint density at radius 1 is 0.862 bits per heavy atom. The maximum absolute atomic E-state index is 9.97. The molecule has 0 bridgehead atoms. The Bertz CT molecular complexity index is 925. The Balaban J connectivity index is 1.65. The first-order chi connectivity index (χ1) is 14.3. The first kappa shape index (κ1) is 19.4. The Morgan fingerprint density at radius 3 is 2.00 bits per heavy atom. The molecule has 1 saturated heterocycles. The van der Waals surface area contributed by atoms with E-state index in [1.807, 2.05) is 18.2 Å². The van der Waals surface area contributed by atoms with E-state index >= 15 is 0 Å². The molecule has 1 heterocycles. The molecule has 0 radical (unpaired) electrons. The van der Waals surface area contributed by atoms with Crippen LogP contribution in [0.4, 0.5) is 0 Å². The van der Waals surface area contributed by atoms with E-state index in [-0.39, 0.29) is 18.7 Å². The highest BCUT2D eigenvalue weighted by Crippen LogP contribution is 2.44. The first-order valence-electron chi connectivity index (χ1n) is 10.3. The number of aliphatic imine (C=N–C) groups is 1. The van der Waals surface area contributed by atoms with Crippen LogP contribution in [0.3, 0.4) is 0 Å². The van der Waals surface area contributed by atoms with Crippen LogP contribution >= 0.6 is 0 Å². The number of likely N-dealkylation sites (tertiary alicyclic amines) is 1. The van der Waals surface area contributed by atoms with Gasteiger partial charge in [0.25, 0.3) is 0 Å². The lowest BCUT2D eigenvalue weighted by Crippen LogP contribution is -2.27. The highest BCUT2D eigenvalue weighted by atomic mass is 16.3. The molecule has 3 heteroatoms. The topological polar surface area (TPSA) is 35.8 Å². The van der Waals surface area contributed by atoms with Gasteiger partial charge in [0, 0.05) is 19.4 Å². The van der Waals surface area contributed by atoms with E-state index in [1.54, 1.807) is 0 Å². The number of nitrogens with zero attached hydrogens (tertiary/aromatic N) is 2. The average molecular weight is 385 g/mol. The Hall–Kier alpha value is -2.91. The average Bonchev–Trinajstić information content (AvgIpc) is 3.11. The summed E-state index contributed by atoms with van der Waals surface area (Å²) in [7, 11) is 2.14. The van der Waals surface area contributed by atoms with Crippen molar-refractivity contribution < 1.29 is 5.11 Å². The van der Waals surface area contributed by atoms with Crippen molar-refractivity contribution in [3.63, 3.8) is 0 Å². The molecule has 3 aromatic rings. The van der Waals surface area contributed by atoms with Crippen LogP contribution in [0, 0.1) is 0 Å². The summed E-state index contributed by atoms with van der Waals surface area (Å²) >= 11 is 0. The van der Waals surface area contributed by atoms with Gasteiger partial charge in [0.15, 0.2) is 0 Å².